The first-order valence-corrected chi connectivity index (χ1v) is 15.5. The van der Waals surface area contributed by atoms with Gasteiger partial charge < -0.3 is 24.8 Å². The van der Waals surface area contributed by atoms with Gasteiger partial charge in [0.15, 0.2) is 9.84 Å². The van der Waals surface area contributed by atoms with Gasteiger partial charge in [-0.05, 0) is 48.4 Å². The number of hydrogen-bond acceptors (Lipinski definition) is 9. The Morgan fingerprint density at radius 3 is 2.29 bits per heavy atom. The van der Waals surface area contributed by atoms with Crippen LogP contribution in [0.3, 0.4) is 0 Å². The predicted octanol–water partition coefficient (Wildman–Crippen LogP) is 4.41. The van der Waals surface area contributed by atoms with Gasteiger partial charge in [0.1, 0.15) is 11.9 Å². The second-order valence-electron chi connectivity index (χ2n) is 10.2. The summed E-state index contributed by atoms with van der Waals surface area (Å²) < 4.78 is 98.3. The van der Waals surface area contributed by atoms with Gasteiger partial charge in [0, 0.05) is 24.9 Å². The Balaban J connectivity index is 1.44. The molecule has 0 bridgehead atoms. The maximum absolute atomic E-state index is 12.9. The maximum Gasteiger partial charge on any atom is 0.416 e. The molecule has 4 rings (SSSR count). The van der Waals surface area contributed by atoms with Crippen LogP contribution < -0.4 is 15.0 Å². The minimum Gasteiger partial charge on any atom is -0.489 e. The minimum absolute atomic E-state index is 0.0525. The number of ether oxygens (including phenoxy) is 2. The van der Waals surface area contributed by atoms with E-state index in [0.29, 0.717) is 12.0 Å². The largest absolute Gasteiger partial charge is 0.489 e. The van der Waals surface area contributed by atoms with Crippen molar-refractivity contribution in [1.29, 1.82) is 0 Å². The summed E-state index contributed by atoms with van der Waals surface area (Å²) >= 11 is 0. The topological polar surface area (TPSA) is 131 Å². The Labute approximate surface area is 256 Å². The number of nitrogens with one attached hydrogen (secondary N) is 1. The third-order valence-electron chi connectivity index (χ3n) is 7.22. The molecule has 16 heteroatoms. The molecule has 1 saturated heterocycles. The van der Waals surface area contributed by atoms with Crippen LogP contribution in [0, 0.1) is 0 Å². The number of nitrogens with zero attached hydrogens (tertiary/aromatic N) is 3. The highest BCUT2D eigenvalue weighted by Crippen LogP contribution is 2.32. The molecule has 1 aliphatic heterocycles. The smallest absolute Gasteiger partial charge is 0.416 e. The molecule has 2 aromatic carbocycles. The zero-order valence-electron chi connectivity index (χ0n) is 24.0. The number of hydrogen-bond donors (Lipinski definition) is 2. The van der Waals surface area contributed by atoms with Gasteiger partial charge in [0.05, 0.1) is 47.6 Å². The molecule has 0 spiro atoms. The van der Waals surface area contributed by atoms with E-state index < -0.39 is 58.9 Å². The van der Waals surface area contributed by atoms with Crippen LogP contribution in [0.2, 0.25) is 0 Å². The molecule has 1 aromatic heterocycles. The Morgan fingerprint density at radius 2 is 1.73 bits per heavy atom. The number of aliphatic hydroxyl groups excluding tert-OH is 1. The van der Waals surface area contributed by atoms with E-state index in [4.69, 9.17) is 4.74 Å². The highest BCUT2D eigenvalue weighted by atomic mass is 32.2. The van der Waals surface area contributed by atoms with E-state index in [9.17, 15) is 40.3 Å². The monoisotopic (exact) mass is 658 g/mol. The number of rotatable bonds is 13. The van der Waals surface area contributed by atoms with E-state index in [1.807, 2.05) is 0 Å². The number of alkyl halides is 5. The molecule has 2 N–H and O–H groups in total. The number of aliphatic hydroxyl groups is 1. The fourth-order valence-electron chi connectivity index (χ4n) is 4.82. The number of aromatic nitrogens is 2. The second kappa shape index (κ2) is 14.5. The quantitative estimate of drug-likeness (QED) is 0.257. The van der Waals surface area contributed by atoms with E-state index in [-0.39, 0.29) is 47.5 Å². The lowest BCUT2D eigenvalue weighted by Crippen LogP contribution is -2.33. The number of anilines is 1. The lowest BCUT2D eigenvalue weighted by molar-refractivity contribution is -0.137. The third kappa shape index (κ3) is 8.85. The fourth-order valence-corrected chi connectivity index (χ4v) is 5.71. The summed E-state index contributed by atoms with van der Waals surface area (Å²) in [6.07, 6.45) is -2.06. The molecule has 1 amide bonds. The van der Waals surface area contributed by atoms with E-state index in [1.165, 1.54) is 55.7 Å². The van der Waals surface area contributed by atoms with Gasteiger partial charge in [-0.2, -0.15) is 22.0 Å². The number of amides is 1. The molecule has 45 heavy (non-hydrogen) atoms. The zero-order valence-corrected chi connectivity index (χ0v) is 24.8. The summed E-state index contributed by atoms with van der Waals surface area (Å²) in [5, 5.41) is 12.5. The van der Waals surface area contributed by atoms with Crippen LogP contribution in [0.5, 0.6) is 5.75 Å². The molecule has 3 aromatic rings. The van der Waals surface area contributed by atoms with Gasteiger partial charge >= 0.3 is 12.8 Å². The Kier molecular flexibility index (Phi) is 10.9. The van der Waals surface area contributed by atoms with Gasteiger partial charge in [0.2, 0.25) is 5.95 Å². The van der Waals surface area contributed by atoms with Crippen molar-refractivity contribution in [3.8, 4) is 5.75 Å². The van der Waals surface area contributed by atoms with E-state index >= 15 is 0 Å². The summed E-state index contributed by atoms with van der Waals surface area (Å²) in [4.78, 5) is 23.2. The molecule has 3 atom stereocenters. The molecule has 0 saturated carbocycles. The first-order chi connectivity index (χ1) is 21.3. The van der Waals surface area contributed by atoms with Gasteiger partial charge in [-0.3, -0.25) is 4.79 Å². The number of benzene rings is 2. The van der Waals surface area contributed by atoms with Crippen LogP contribution >= 0.6 is 0 Å². The lowest BCUT2D eigenvalue weighted by Gasteiger charge is -2.24. The van der Waals surface area contributed by atoms with Crippen molar-refractivity contribution in [2.24, 2.45) is 0 Å². The van der Waals surface area contributed by atoms with E-state index in [2.05, 4.69) is 20.0 Å². The number of carbonyl (C=O) groups is 1. The van der Waals surface area contributed by atoms with Crippen LogP contribution in [0.4, 0.5) is 27.9 Å². The van der Waals surface area contributed by atoms with Crippen LogP contribution in [0.15, 0.2) is 65.8 Å². The molecule has 0 radical (unpaired) electrons. The zero-order chi connectivity index (χ0) is 32.8. The number of carbonyl (C=O) groups excluding carboxylic acids is 1. The summed E-state index contributed by atoms with van der Waals surface area (Å²) in [6.45, 7) is -2.00. The fraction of sp³-hybridized carbons (Fsp3) is 0.414. The Hall–Kier alpha value is -3.89. The second-order valence-corrected chi connectivity index (χ2v) is 12.5. The number of sulfone groups is 1. The van der Waals surface area contributed by atoms with Crippen LogP contribution in [0.25, 0.3) is 0 Å². The molecule has 244 valence electrons. The van der Waals surface area contributed by atoms with Gasteiger partial charge in [-0.1, -0.05) is 19.1 Å². The van der Waals surface area contributed by atoms with Gasteiger partial charge in [-0.15, -0.1) is 0 Å². The standard InChI is InChI=1S/C29H31F5N4O6S/c1-2-45(41,42)24-9-3-18(4-10-24)25(17-39)37-26(40)19-14-35-28(36-15-19)38-16-23(13-21(38)11-12-43-27(30)31)44-22-7-5-20(6-8-22)29(32,33)34/h3-10,14-15,21,23,25,27,39H,2,11-13,16-17H2,1H3,(H,37,40)/t21-,23-,25+/m1/s1. The predicted molar refractivity (Wildman–Crippen MR) is 152 cm³/mol. The highest BCUT2D eigenvalue weighted by molar-refractivity contribution is 7.91. The summed E-state index contributed by atoms with van der Waals surface area (Å²) in [5.74, 6) is -0.321. The van der Waals surface area contributed by atoms with Gasteiger partial charge in [0.25, 0.3) is 5.91 Å². The van der Waals surface area contributed by atoms with Crippen molar-refractivity contribution in [2.75, 3.05) is 30.4 Å². The van der Waals surface area contributed by atoms with Crippen LogP contribution in [-0.2, 0) is 20.8 Å². The van der Waals surface area contributed by atoms with Crippen molar-refractivity contribution in [3.63, 3.8) is 0 Å². The average molecular weight is 659 g/mol. The van der Waals surface area contributed by atoms with Gasteiger partial charge in [-0.25, -0.2) is 18.4 Å². The first kappa shape index (κ1) is 34.0. The molecule has 0 aliphatic carbocycles. The van der Waals surface area contributed by atoms with Crippen molar-refractivity contribution in [1.82, 2.24) is 15.3 Å². The Morgan fingerprint density at radius 1 is 1.09 bits per heavy atom. The van der Waals surface area contributed by atoms with Crippen LogP contribution in [0.1, 0.15) is 47.3 Å². The first-order valence-electron chi connectivity index (χ1n) is 13.9. The van der Waals surface area contributed by atoms with E-state index in [1.54, 1.807) is 4.90 Å². The molecule has 1 aliphatic rings. The third-order valence-corrected chi connectivity index (χ3v) is 8.97. The van der Waals surface area contributed by atoms with Crippen LogP contribution in [-0.4, -0.2) is 73.7 Å². The Bertz CT molecular complexity index is 1520. The highest BCUT2D eigenvalue weighted by Gasteiger charge is 2.36. The minimum atomic E-state index is -4.50. The normalized spacial score (nSPS) is 17.8. The maximum atomic E-state index is 12.9. The molecular formula is C29H31F5N4O6S. The molecule has 1 fully saturated rings. The van der Waals surface area contributed by atoms with E-state index in [0.717, 1.165) is 12.1 Å². The molecule has 10 nitrogen and oxygen atoms in total. The van der Waals surface area contributed by atoms with Crippen molar-refractivity contribution in [2.45, 2.75) is 55.6 Å². The summed E-state index contributed by atoms with van der Waals surface area (Å²) in [5.41, 5.74) is -0.298. The summed E-state index contributed by atoms with van der Waals surface area (Å²) in [6, 6.07) is 8.72. The molecule has 0 unspecified atom stereocenters. The number of halogens is 5. The van der Waals surface area contributed by atoms with Crippen molar-refractivity contribution in [3.05, 3.63) is 77.6 Å². The summed E-state index contributed by atoms with van der Waals surface area (Å²) in [7, 11) is -3.42. The molecule has 2 heterocycles. The SMILES string of the molecule is CCS(=O)(=O)c1ccc([C@H](CO)NC(=O)c2cnc(N3C[C@H](Oc4ccc(C(F)(F)F)cc4)C[C@H]3CCOC(F)F)nc2)cc1. The lowest BCUT2D eigenvalue weighted by atomic mass is 10.1. The van der Waals surface area contributed by atoms with Crippen molar-refractivity contribution < 1.29 is 49.7 Å². The average Bonchev–Trinajstić information content (AvgIpc) is 3.41. The van der Waals surface area contributed by atoms with Crippen molar-refractivity contribution >= 4 is 21.7 Å². The molecular weight excluding hydrogens is 627 g/mol.